The van der Waals surface area contributed by atoms with E-state index in [1.54, 1.807) is 10.6 Å². The van der Waals surface area contributed by atoms with Crippen LogP contribution >= 0.6 is 0 Å². The number of sulfonamides is 1. The molecule has 0 bridgehead atoms. The minimum absolute atomic E-state index is 0.0576. The lowest BCUT2D eigenvalue weighted by Gasteiger charge is -2.29. The van der Waals surface area contributed by atoms with Gasteiger partial charge in [0.25, 0.3) is 0 Å². The Morgan fingerprint density at radius 3 is 2.81 bits per heavy atom. The van der Waals surface area contributed by atoms with E-state index in [1.165, 1.54) is 11.8 Å². The number of rotatable bonds is 4. The van der Waals surface area contributed by atoms with Crippen molar-refractivity contribution < 1.29 is 17.9 Å². The highest BCUT2D eigenvalue weighted by molar-refractivity contribution is 7.88. The highest BCUT2D eigenvalue weighted by Gasteiger charge is 2.36. The second kappa shape index (κ2) is 7.52. The molecule has 0 radical (unpaired) electrons. The van der Waals surface area contributed by atoms with Gasteiger partial charge in [0.15, 0.2) is 0 Å². The van der Waals surface area contributed by atoms with Gasteiger partial charge in [0.05, 0.1) is 18.6 Å². The molecule has 7 nitrogen and oxygen atoms in total. The fourth-order valence-electron chi connectivity index (χ4n) is 4.28. The van der Waals surface area contributed by atoms with Gasteiger partial charge in [-0.3, -0.25) is 9.80 Å². The van der Waals surface area contributed by atoms with Gasteiger partial charge in [-0.1, -0.05) is 6.07 Å². The summed E-state index contributed by atoms with van der Waals surface area (Å²) in [4.78, 5) is 4.53. The standard InChI is InChI=1S/C19H27N3O4S/c1-27(24,25)22-7-2-6-21(8-9-22)17-13-20(14-18(17)23)12-15-3-4-19-16(11-15)5-10-26-19/h3-5,10-11,17-18,23H,2,6-9,12-14H2,1H3/t17-,18-/m1/s1. The van der Waals surface area contributed by atoms with Crippen LogP contribution in [-0.4, -0.2) is 85.3 Å². The smallest absolute Gasteiger partial charge is 0.211 e. The van der Waals surface area contributed by atoms with E-state index >= 15 is 0 Å². The van der Waals surface area contributed by atoms with E-state index < -0.39 is 16.1 Å². The summed E-state index contributed by atoms with van der Waals surface area (Å²) in [5, 5.41) is 11.7. The number of aliphatic hydroxyl groups excluding tert-OH is 1. The maximum Gasteiger partial charge on any atom is 0.211 e. The van der Waals surface area contributed by atoms with Crippen LogP contribution in [0.25, 0.3) is 11.0 Å². The van der Waals surface area contributed by atoms with Crippen molar-refractivity contribution in [3.63, 3.8) is 0 Å². The molecule has 1 aromatic carbocycles. The Balaban J connectivity index is 1.39. The third-order valence-corrected chi connectivity index (χ3v) is 6.99. The number of fused-ring (bicyclic) bond motifs is 1. The highest BCUT2D eigenvalue weighted by Crippen LogP contribution is 2.23. The molecule has 27 heavy (non-hydrogen) atoms. The largest absolute Gasteiger partial charge is 0.464 e. The zero-order chi connectivity index (χ0) is 19.0. The Kier molecular flexibility index (Phi) is 5.26. The van der Waals surface area contributed by atoms with E-state index in [9.17, 15) is 13.5 Å². The molecule has 4 rings (SSSR count). The van der Waals surface area contributed by atoms with Crippen LogP contribution in [0.1, 0.15) is 12.0 Å². The number of hydrogen-bond donors (Lipinski definition) is 1. The Bertz CT molecular complexity index is 897. The molecule has 0 saturated carbocycles. The van der Waals surface area contributed by atoms with Crippen LogP contribution in [0.2, 0.25) is 0 Å². The molecule has 0 unspecified atom stereocenters. The zero-order valence-corrected chi connectivity index (χ0v) is 16.4. The fourth-order valence-corrected chi connectivity index (χ4v) is 5.16. The zero-order valence-electron chi connectivity index (χ0n) is 15.6. The van der Waals surface area contributed by atoms with Crippen molar-refractivity contribution in [2.75, 3.05) is 45.5 Å². The normalized spacial score (nSPS) is 26.6. The summed E-state index contributed by atoms with van der Waals surface area (Å²) in [5.74, 6) is 0. The topological polar surface area (TPSA) is 77.2 Å². The van der Waals surface area contributed by atoms with Crippen LogP contribution < -0.4 is 0 Å². The number of benzene rings is 1. The predicted octanol–water partition coefficient (Wildman–Crippen LogP) is 0.945. The van der Waals surface area contributed by atoms with E-state index in [-0.39, 0.29) is 6.04 Å². The van der Waals surface area contributed by atoms with Crippen LogP contribution in [0.3, 0.4) is 0 Å². The Morgan fingerprint density at radius 1 is 1.15 bits per heavy atom. The number of aliphatic hydroxyl groups is 1. The predicted molar refractivity (Wildman–Crippen MR) is 104 cm³/mol. The molecule has 1 N–H and O–H groups in total. The number of furan rings is 1. The molecule has 2 aromatic rings. The lowest BCUT2D eigenvalue weighted by atomic mass is 10.1. The van der Waals surface area contributed by atoms with Crippen molar-refractivity contribution in [2.45, 2.75) is 25.1 Å². The first-order chi connectivity index (χ1) is 12.9. The van der Waals surface area contributed by atoms with E-state index in [4.69, 9.17) is 4.42 Å². The first kappa shape index (κ1) is 18.9. The van der Waals surface area contributed by atoms with Gasteiger partial charge in [0.1, 0.15) is 5.58 Å². The van der Waals surface area contributed by atoms with Crippen LogP contribution in [0, 0.1) is 0 Å². The minimum Gasteiger partial charge on any atom is -0.464 e. The van der Waals surface area contributed by atoms with Gasteiger partial charge in [0, 0.05) is 50.7 Å². The summed E-state index contributed by atoms with van der Waals surface area (Å²) in [6.45, 7) is 4.78. The second-order valence-corrected chi connectivity index (χ2v) is 9.66. The molecule has 0 spiro atoms. The van der Waals surface area contributed by atoms with E-state index in [2.05, 4.69) is 21.9 Å². The lowest BCUT2D eigenvalue weighted by molar-refractivity contribution is 0.0862. The van der Waals surface area contributed by atoms with E-state index in [0.717, 1.165) is 37.0 Å². The summed E-state index contributed by atoms with van der Waals surface area (Å²) >= 11 is 0. The summed E-state index contributed by atoms with van der Waals surface area (Å²) < 4.78 is 30.5. The molecule has 2 saturated heterocycles. The molecule has 2 aliphatic heterocycles. The van der Waals surface area contributed by atoms with Crippen molar-refractivity contribution in [2.24, 2.45) is 0 Å². The Morgan fingerprint density at radius 2 is 2.00 bits per heavy atom. The number of hydrogen-bond acceptors (Lipinski definition) is 6. The Labute approximate surface area is 160 Å². The highest BCUT2D eigenvalue weighted by atomic mass is 32.2. The second-order valence-electron chi connectivity index (χ2n) is 7.67. The first-order valence-electron chi connectivity index (χ1n) is 9.46. The Hall–Kier alpha value is -1.45. The van der Waals surface area contributed by atoms with Gasteiger partial charge >= 0.3 is 0 Å². The summed E-state index contributed by atoms with van der Waals surface area (Å²) in [7, 11) is -3.15. The van der Waals surface area contributed by atoms with Crippen LogP contribution in [0.15, 0.2) is 34.9 Å². The summed E-state index contributed by atoms with van der Waals surface area (Å²) in [6, 6.07) is 8.21. The number of nitrogens with zero attached hydrogens (tertiary/aromatic N) is 3. The molecular formula is C19H27N3O4S. The van der Waals surface area contributed by atoms with Gasteiger partial charge in [0.2, 0.25) is 10.0 Å². The van der Waals surface area contributed by atoms with Gasteiger partial charge in [-0.15, -0.1) is 0 Å². The molecular weight excluding hydrogens is 366 g/mol. The first-order valence-corrected chi connectivity index (χ1v) is 11.3. The third-order valence-electron chi connectivity index (χ3n) is 5.69. The van der Waals surface area contributed by atoms with Gasteiger partial charge in [-0.05, 0) is 36.7 Å². The van der Waals surface area contributed by atoms with Crippen molar-refractivity contribution in [1.82, 2.24) is 14.1 Å². The average Bonchev–Trinajstić information content (AvgIpc) is 3.12. The molecule has 2 aliphatic rings. The maximum absolute atomic E-state index is 11.8. The third kappa shape index (κ3) is 4.20. The van der Waals surface area contributed by atoms with Crippen LogP contribution in [0.4, 0.5) is 0 Å². The molecule has 2 fully saturated rings. The molecule has 0 aliphatic carbocycles. The van der Waals surface area contributed by atoms with Crippen molar-refractivity contribution in [1.29, 1.82) is 0 Å². The van der Waals surface area contributed by atoms with Crippen LogP contribution in [0.5, 0.6) is 0 Å². The number of β-amino-alcohol motifs (C(OH)–C–C–N with tert-alkyl or cyclic N) is 1. The minimum atomic E-state index is -3.15. The number of likely N-dealkylation sites (tertiary alicyclic amines) is 1. The summed E-state index contributed by atoms with van der Waals surface area (Å²) in [5.41, 5.74) is 2.09. The fraction of sp³-hybridized carbons (Fsp3) is 0.579. The van der Waals surface area contributed by atoms with Gasteiger partial charge in [-0.2, -0.15) is 0 Å². The molecule has 0 amide bonds. The SMILES string of the molecule is CS(=O)(=O)N1CCCN([C@@H]2CN(Cc3ccc4occc4c3)C[C@H]2O)CC1. The van der Waals surface area contributed by atoms with Crippen molar-refractivity contribution in [3.8, 4) is 0 Å². The quantitative estimate of drug-likeness (QED) is 0.833. The van der Waals surface area contributed by atoms with Crippen molar-refractivity contribution in [3.05, 3.63) is 36.1 Å². The molecule has 8 heteroatoms. The van der Waals surface area contributed by atoms with Gasteiger partial charge < -0.3 is 9.52 Å². The molecule has 2 atom stereocenters. The molecule has 1 aromatic heterocycles. The maximum atomic E-state index is 11.8. The van der Waals surface area contributed by atoms with Gasteiger partial charge in [-0.25, -0.2) is 12.7 Å². The summed E-state index contributed by atoms with van der Waals surface area (Å²) in [6.07, 6.45) is 3.36. The van der Waals surface area contributed by atoms with E-state index in [0.29, 0.717) is 26.2 Å². The monoisotopic (exact) mass is 393 g/mol. The average molecular weight is 394 g/mol. The molecule has 148 valence electrons. The van der Waals surface area contributed by atoms with E-state index in [1.807, 2.05) is 12.1 Å². The lowest BCUT2D eigenvalue weighted by Crippen LogP contribution is -2.45. The van der Waals surface area contributed by atoms with Crippen molar-refractivity contribution >= 4 is 21.0 Å². The molecule has 3 heterocycles. The van der Waals surface area contributed by atoms with Crippen LogP contribution in [-0.2, 0) is 16.6 Å².